The Hall–Kier alpha value is -0.820. The van der Waals surface area contributed by atoms with Gasteiger partial charge in [-0.1, -0.05) is 11.6 Å². The van der Waals surface area contributed by atoms with Gasteiger partial charge in [-0.2, -0.15) is 0 Å². The van der Waals surface area contributed by atoms with E-state index in [-0.39, 0.29) is 10.3 Å². The van der Waals surface area contributed by atoms with Crippen LogP contribution in [0, 0.1) is 12.3 Å². The summed E-state index contributed by atoms with van der Waals surface area (Å²) < 4.78 is 32.4. The van der Waals surface area contributed by atoms with Gasteiger partial charge in [0, 0.05) is 31.0 Å². The van der Waals surface area contributed by atoms with Crippen LogP contribution in [0.4, 0.5) is 5.69 Å². The van der Waals surface area contributed by atoms with Crippen molar-refractivity contribution in [3.05, 3.63) is 22.7 Å². The van der Waals surface area contributed by atoms with Gasteiger partial charge in [0.2, 0.25) is 10.0 Å². The lowest BCUT2D eigenvalue weighted by molar-refractivity contribution is 0.173. The lowest BCUT2D eigenvalue weighted by Crippen LogP contribution is -2.31. The van der Waals surface area contributed by atoms with Crippen LogP contribution in [0.5, 0.6) is 0 Å². The van der Waals surface area contributed by atoms with Gasteiger partial charge in [-0.3, -0.25) is 0 Å². The molecule has 0 spiro atoms. The van der Waals surface area contributed by atoms with Crippen LogP contribution in [-0.4, -0.2) is 28.7 Å². The summed E-state index contributed by atoms with van der Waals surface area (Å²) in [7, 11) is -1.95. The number of hydrogen-bond acceptors (Lipinski definition) is 4. The minimum Gasteiger partial charge on any atom is -0.398 e. The van der Waals surface area contributed by atoms with Crippen LogP contribution in [0.2, 0.25) is 5.02 Å². The van der Waals surface area contributed by atoms with Crippen molar-refractivity contribution in [2.75, 3.05) is 26.0 Å². The van der Waals surface area contributed by atoms with Crippen molar-refractivity contribution in [1.29, 1.82) is 0 Å². The molecule has 1 aromatic carbocycles. The molecule has 3 N–H and O–H groups in total. The Morgan fingerprint density at radius 2 is 2.10 bits per heavy atom. The molecule has 1 fully saturated rings. The van der Waals surface area contributed by atoms with Crippen molar-refractivity contribution in [1.82, 2.24) is 4.72 Å². The number of sulfonamides is 1. The Kier molecular flexibility index (Phi) is 4.82. The van der Waals surface area contributed by atoms with Crippen molar-refractivity contribution in [3.8, 4) is 0 Å². The molecule has 0 aromatic heterocycles. The second kappa shape index (κ2) is 6.12. The summed E-state index contributed by atoms with van der Waals surface area (Å²) in [4.78, 5) is 0.109. The Morgan fingerprint density at radius 1 is 1.43 bits per heavy atom. The molecule has 1 aliphatic carbocycles. The average Bonchev–Trinajstić information content (AvgIpc) is 3.20. The highest BCUT2D eigenvalue weighted by atomic mass is 35.5. The van der Waals surface area contributed by atoms with Crippen LogP contribution >= 0.6 is 11.6 Å². The number of nitrogens with two attached hydrogens (primary N) is 1. The van der Waals surface area contributed by atoms with E-state index in [4.69, 9.17) is 22.1 Å². The third kappa shape index (κ3) is 3.88. The number of methoxy groups -OCH3 is 1. The number of hydrogen-bond donors (Lipinski definition) is 2. The van der Waals surface area contributed by atoms with Crippen molar-refractivity contribution in [3.63, 3.8) is 0 Å². The first-order valence-electron chi connectivity index (χ1n) is 6.84. The molecule has 1 aliphatic rings. The molecule has 0 heterocycles. The lowest BCUT2D eigenvalue weighted by atomic mass is 10.0. The molecule has 0 unspecified atom stereocenters. The molecule has 7 heteroatoms. The largest absolute Gasteiger partial charge is 0.398 e. The fourth-order valence-corrected chi connectivity index (χ4v) is 3.68. The van der Waals surface area contributed by atoms with E-state index in [1.165, 1.54) is 12.1 Å². The van der Waals surface area contributed by atoms with Gasteiger partial charge in [0.05, 0.1) is 4.90 Å². The zero-order chi connectivity index (χ0) is 15.7. The van der Waals surface area contributed by atoms with Crippen molar-refractivity contribution in [2.24, 2.45) is 5.41 Å². The molecular formula is C14H21ClN2O3S. The summed E-state index contributed by atoms with van der Waals surface area (Å²) >= 11 is 6.01. The van der Waals surface area contributed by atoms with E-state index in [0.29, 0.717) is 29.4 Å². The number of rotatable bonds is 7. The molecule has 0 amide bonds. The molecule has 118 valence electrons. The van der Waals surface area contributed by atoms with E-state index in [1.807, 2.05) is 0 Å². The molecule has 0 atom stereocenters. The first-order chi connectivity index (χ1) is 9.80. The number of ether oxygens (including phenoxy) is 1. The summed E-state index contributed by atoms with van der Waals surface area (Å²) in [5, 5.41) is 0.357. The highest BCUT2D eigenvalue weighted by molar-refractivity contribution is 7.89. The molecule has 21 heavy (non-hydrogen) atoms. The van der Waals surface area contributed by atoms with Crippen LogP contribution < -0.4 is 10.5 Å². The molecule has 1 aromatic rings. The lowest BCUT2D eigenvalue weighted by Gasteiger charge is -2.16. The van der Waals surface area contributed by atoms with E-state index in [1.54, 1.807) is 14.0 Å². The molecule has 2 rings (SSSR count). The minimum absolute atomic E-state index is 0.0448. The maximum Gasteiger partial charge on any atom is 0.240 e. The first kappa shape index (κ1) is 16.5. The third-order valence-electron chi connectivity index (χ3n) is 4.10. The second-order valence-electron chi connectivity index (χ2n) is 5.69. The summed E-state index contributed by atoms with van der Waals surface area (Å²) in [6.07, 6.45) is 2.91. The van der Waals surface area contributed by atoms with Gasteiger partial charge in [0.25, 0.3) is 0 Å². The highest BCUT2D eigenvalue weighted by Gasteiger charge is 2.42. The van der Waals surface area contributed by atoms with E-state index >= 15 is 0 Å². The van der Waals surface area contributed by atoms with Gasteiger partial charge < -0.3 is 10.5 Å². The number of nitrogens with one attached hydrogen (secondary N) is 1. The van der Waals surface area contributed by atoms with E-state index in [9.17, 15) is 8.42 Å². The predicted molar refractivity (Wildman–Crippen MR) is 83.9 cm³/mol. The molecule has 5 nitrogen and oxygen atoms in total. The monoisotopic (exact) mass is 332 g/mol. The van der Waals surface area contributed by atoms with Crippen LogP contribution in [0.3, 0.4) is 0 Å². The summed E-state index contributed by atoms with van der Waals surface area (Å²) in [6.45, 7) is 2.82. The fourth-order valence-electron chi connectivity index (χ4n) is 2.17. The van der Waals surface area contributed by atoms with Crippen LogP contribution in [-0.2, 0) is 14.8 Å². The standard InChI is InChI=1S/C14H21ClN2O3S/c1-10-12(15)7-11(8-13(10)16)21(18,19)17-9-14(3-4-14)5-6-20-2/h7-8,17H,3-6,9,16H2,1-2H3. The Bertz CT molecular complexity index is 604. The molecule has 1 saturated carbocycles. The molecule has 0 aliphatic heterocycles. The molecular weight excluding hydrogens is 312 g/mol. The Balaban J connectivity index is 2.09. The predicted octanol–water partition coefficient (Wildman–Crippen LogP) is 2.33. The van der Waals surface area contributed by atoms with Crippen molar-refractivity contribution in [2.45, 2.75) is 31.1 Å². The SMILES string of the molecule is COCCC1(CNS(=O)(=O)c2cc(N)c(C)c(Cl)c2)CC1. The van der Waals surface area contributed by atoms with Crippen molar-refractivity contribution < 1.29 is 13.2 Å². The van der Waals surface area contributed by atoms with E-state index in [0.717, 1.165) is 19.3 Å². The van der Waals surface area contributed by atoms with Crippen LogP contribution in [0.25, 0.3) is 0 Å². The average molecular weight is 333 g/mol. The summed E-state index contributed by atoms with van der Waals surface area (Å²) in [5.74, 6) is 0. The number of halogens is 1. The highest BCUT2D eigenvalue weighted by Crippen LogP contribution is 2.48. The quantitative estimate of drug-likeness (QED) is 0.751. The van der Waals surface area contributed by atoms with Gasteiger partial charge in [-0.15, -0.1) is 0 Å². The van der Waals surface area contributed by atoms with E-state index in [2.05, 4.69) is 4.72 Å². The van der Waals surface area contributed by atoms with Gasteiger partial charge >= 0.3 is 0 Å². The topological polar surface area (TPSA) is 81.4 Å². The molecule has 0 saturated heterocycles. The molecule has 0 bridgehead atoms. The maximum atomic E-state index is 12.3. The zero-order valence-electron chi connectivity index (χ0n) is 12.3. The van der Waals surface area contributed by atoms with Gasteiger partial charge in [-0.05, 0) is 49.3 Å². The van der Waals surface area contributed by atoms with Crippen LogP contribution in [0.1, 0.15) is 24.8 Å². The van der Waals surface area contributed by atoms with Crippen LogP contribution in [0.15, 0.2) is 17.0 Å². The normalized spacial score (nSPS) is 16.9. The Morgan fingerprint density at radius 3 is 2.62 bits per heavy atom. The van der Waals surface area contributed by atoms with Crippen molar-refractivity contribution >= 4 is 27.3 Å². The molecule has 0 radical (unpaired) electrons. The number of nitrogen functional groups attached to an aromatic ring is 1. The maximum absolute atomic E-state index is 12.3. The summed E-state index contributed by atoms with van der Waals surface area (Å²) in [5.41, 5.74) is 6.90. The minimum atomic E-state index is -3.60. The smallest absolute Gasteiger partial charge is 0.240 e. The second-order valence-corrected chi connectivity index (χ2v) is 7.86. The number of benzene rings is 1. The fraction of sp³-hybridized carbons (Fsp3) is 0.571. The van der Waals surface area contributed by atoms with Gasteiger partial charge in [0.15, 0.2) is 0 Å². The third-order valence-corrected chi connectivity index (χ3v) is 5.87. The zero-order valence-corrected chi connectivity index (χ0v) is 13.9. The van der Waals surface area contributed by atoms with Gasteiger partial charge in [-0.25, -0.2) is 13.1 Å². The van der Waals surface area contributed by atoms with Gasteiger partial charge in [0.1, 0.15) is 0 Å². The first-order valence-corrected chi connectivity index (χ1v) is 8.70. The number of anilines is 1. The summed E-state index contributed by atoms with van der Waals surface area (Å²) in [6, 6.07) is 2.88. The Labute approximate surface area is 130 Å². The van der Waals surface area contributed by atoms with E-state index < -0.39 is 10.0 Å².